The number of thiazole rings is 1. The van der Waals surface area contributed by atoms with Crippen molar-refractivity contribution in [2.24, 2.45) is 7.05 Å². The van der Waals surface area contributed by atoms with Gasteiger partial charge in [0.15, 0.2) is 5.60 Å². The number of aliphatic hydroxyl groups is 1. The maximum atomic E-state index is 12.5. The van der Waals surface area contributed by atoms with Crippen molar-refractivity contribution in [1.29, 1.82) is 0 Å². The molecular weight excluding hydrogens is 488 g/mol. The highest BCUT2D eigenvalue weighted by molar-refractivity contribution is 7.13. The maximum Gasteiger partial charge on any atom is 0.258 e. The molecule has 2 saturated heterocycles. The van der Waals surface area contributed by atoms with Gasteiger partial charge in [0.25, 0.3) is 5.91 Å². The molecule has 0 saturated carbocycles. The summed E-state index contributed by atoms with van der Waals surface area (Å²) in [5.41, 5.74) is 2.60. The van der Waals surface area contributed by atoms with Crippen LogP contribution in [0.15, 0.2) is 54.3 Å². The number of rotatable bonds is 6. The molecule has 10 nitrogen and oxygen atoms in total. The number of benzene rings is 1. The molecule has 2 fully saturated rings. The van der Waals surface area contributed by atoms with Crippen LogP contribution in [0.5, 0.6) is 0 Å². The smallest absolute Gasteiger partial charge is 0.258 e. The molecule has 2 aliphatic heterocycles. The van der Waals surface area contributed by atoms with Crippen molar-refractivity contribution in [3.05, 3.63) is 59.9 Å². The Morgan fingerprint density at radius 3 is 2.84 bits per heavy atom. The number of hydrogen-bond acceptors (Lipinski definition) is 9. The molecule has 1 amide bonds. The number of nitrogens with one attached hydrogen (secondary N) is 1. The number of amides is 1. The molecule has 0 aliphatic carbocycles. The van der Waals surface area contributed by atoms with Crippen LogP contribution in [-0.2, 0) is 17.4 Å². The molecule has 0 spiro atoms. The van der Waals surface area contributed by atoms with Gasteiger partial charge in [0.05, 0.1) is 17.6 Å². The van der Waals surface area contributed by atoms with Crippen molar-refractivity contribution < 1.29 is 9.90 Å². The Morgan fingerprint density at radius 1 is 1.16 bits per heavy atom. The number of nitrogens with zero attached hydrogens (tertiary/aromatic N) is 7. The van der Waals surface area contributed by atoms with E-state index in [1.807, 2.05) is 53.8 Å². The van der Waals surface area contributed by atoms with Gasteiger partial charge in [-0.3, -0.25) is 9.48 Å². The van der Waals surface area contributed by atoms with E-state index < -0.39 is 5.60 Å². The Kier molecular flexibility index (Phi) is 5.88. The summed E-state index contributed by atoms with van der Waals surface area (Å²) in [5, 5.41) is 21.6. The highest BCUT2D eigenvalue weighted by atomic mass is 32.1. The first kappa shape index (κ1) is 23.6. The molecule has 190 valence electrons. The first-order valence-electron chi connectivity index (χ1n) is 12.3. The molecular formula is C26H28N8O2S. The van der Waals surface area contributed by atoms with Gasteiger partial charge in [-0.25, -0.2) is 15.0 Å². The Bertz CT molecular complexity index is 1450. The van der Waals surface area contributed by atoms with Gasteiger partial charge in [-0.05, 0) is 24.1 Å². The van der Waals surface area contributed by atoms with Gasteiger partial charge in [-0.15, -0.1) is 11.3 Å². The first-order valence-corrected chi connectivity index (χ1v) is 13.1. The van der Waals surface area contributed by atoms with E-state index in [9.17, 15) is 9.90 Å². The fraction of sp³-hybridized carbons (Fsp3) is 0.346. The zero-order valence-electron chi connectivity index (χ0n) is 20.7. The van der Waals surface area contributed by atoms with Crippen LogP contribution in [0.1, 0.15) is 18.4 Å². The van der Waals surface area contributed by atoms with Crippen LogP contribution in [0.3, 0.4) is 0 Å². The van der Waals surface area contributed by atoms with Crippen LogP contribution in [0.25, 0.3) is 22.0 Å². The molecule has 2 atom stereocenters. The number of likely N-dealkylation sites (tertiary alicyclic amines) is 1. The topological polar surface area (TPSA) is 112 Å². The Labute approximate surface area is 218 Å². The molecule has 2 aliphatic rings. The van der Waals surface area contributed by atoms with E-state index in [1.165, 1.54) is 11.3 Å². The molecule has 37 heavy (non-hydrogen) atoms. The van der Waals surface area contributed by atoms with Gasteiger partial charge in [0, 0.05) is 69.5 Å². The van der Waals surface area contributed by atoms with Crippen molar-refractivity contribution in [3.63, 3.8) is 0 Å². The van der Waals surface area contributed by atoms with Crippen LogP contribution >= 0.6 is 11.3 Å². The fourth-order valence-corrected chi connectivity index (χ4v) is 5.80. The molecule has 0 bridgehead atoms. The minimum atomic E-state index is -1.48. The summed E-state index contributed by atoms with van der Waals surface area (Å²) < 4.78 is 1.82. The van der Waals surface area contributed by atoms with Gasteiger partial charge in [0.2, 0.25) is 5.95 Å². The SMILES string of the molecule is CN1CCC(O)(c2cccc(-c3nc(-c4ccnc(NC5CCN(c6cnn(C)c6)C5)n4)cs3)c2)C1=O. The van der Waals surface area contributed by atoms with Crippen LogP contribution in [-0.4, -0.2) is 73.4 Å². The number of hydrogen-bond donors (Lipinski definition) is 2. The third-order valence-corrected chi connectivity index (χ3v) is 7.99. The quantitative estimate of drug-likeness (QED) is 0.402. The Morgan fingerprint density at radius 2 is 2.05 bits per heavy atom. The monoisotopic (exact) mass is 516 g/mol. The molecule has 2 unspecified atom stereocenters. The number of anilines is 2. The van der Waals surface area contributed by atoms with Crippen LogP contribution < -0.4 is 10.2 Å². The highest BCUT2D eigenvalue weighted by Gasteiger charge is 2.45. The second kappa shape index (κ2) is 9.24. The summed E-state index contributed by atoms with van der Waals surface area (Å²) in [5.74, 6) is 0.314. The normalized spacial score (nSPS) is 21.7. The predicted molar refractivity (Wildman–Crippen MR) is 142 cm³/mol. The number of aryl methyl sites for hydroxylation is 1. The van der Waals surface area contributed by atoms with Gasteiger partial charge in [-0.2, -0.15) is 5.10 Å². The predicted octanol–water partition coefficient (Wildman–Crippen LogP) is 2.74. The lowest BCUT2D eigenvalue weighted by Crippen LogP contribution is -2.36. The summed E-state index contributed by atoms with van der Waals surface area (Å²) in [6, 6.07) is 9.56. The van der Waals surface area contributed by atoms with E-state index in [4.69, 9.17) is 9.97 Å². The summed E-state index contributed by atoms with van der Waals surface area (Å²) >= 11 is 1.50. The number of carbonyl (C=O) groups is 1. The lowest BCUT2D eigenvalue weighted by molar-refractivity contribution is -0.143. The zero-order valence-corrected chi connectivity index (χ0v) is 21.5. The average Bonchev–Trinajstić information content (AvgIpc) is 3.71. The van der Waals surface area contributed by atoms with Gasteiger partial charge in [-0.1, -0.05) is 18.2 Å². The van der Waals surface area contributed by atoms with Gasteiger partial charge >= 0.3 is 0 Å². The maximum absolute atomic E-state index is 12.5. The van der Waals surface area contributed by atoms with Crippen LogP contribution in [0.2, 0.25) is 0 Å². The molecule has 5 heterocycles. The van der Waals surface area contributed by atoms with Crippen molar-refractivity contribution in [1.82, 2.24) is 29.6 Å². The third kappa shape index (κ3) is 4.44. The second-order valence-electron chi connectivity index (χ2n) is 9.67. The van der Waals surface area contributed by atoms with E-state index in [-0.39, 0.29) is 11.9 Å². The Hall–Kier alpha value is -3.83. The molecule has 11 heteroatoms. The summed E-state index contributed by atoms with van der Waals surface area (Å²) in [7, 11) is 3.64. The lowest BCUT2D eigenvalue weighted by atomic mass is 9.91. The van der Waals surface area contributed by atoms with Crippen LogP contribution in [0.4, 0.5) is 11.6 Å². The summed E-state index contributed by atoms with van der Waals surface area (Å²) in [6.45, 7) is 2.35. The van der Waals surface area contributed by atoms with E-state index in [2.05, 4.69) is 20.3 Å². The molecule has 2 N–H and O–H groups in total. The highest BCUT2D eigenvalue weighted by Crippen LogP contribution is 2.36. The number of likely N-dealkylation sites (N-methyl/N-ethyl adjacent to an activating group) is 1. The van der Waals surface area contributed by atoms with Crippen molar-refractivity contribution in [2.45, 2.75) is 24.5 Å². The minimum Gasteiger partial charge on any atom is -0.375 e. The van der Waals surface area contributed by atoms with Gasteiger partial charge < -0.3 is 20.2 Å². The van der Waals surface area contributed by atoms with Gasteiger partial charge in [0.1, 0.15) is 10.7 Å². The fourth-order valence-electron chi connectivity index (χ4n) is 4.99. The minimum absolute atomic E-state index is 0.243. The number of carbonyl (C=O) groups excluding carboxylic acids is 1. The largest absolute Gasteiger partial charge is 0.375 e. The zero-order chi connectivity index (χ0) is 25.6. The standard InChI is InChI=1S/C26H28N8O2S/c1-32-11-8-26(36,24(32)35)18-5-3-4-17(12-18)23-30-22(16-37-23)21-6-9-27-25(31-21)29-19-7-10-34(14-19)20-13-28-33(2)15-20/h3-6,9,12-13,15-16,19,36H,7-8,10-11,14H2,1-2H3,(H,27,29,31). The van der Waals surface area contributed by atoms with E-state index in [0.29, 0.717) is 24.5 Å². The third-order valence-electron chi connectivity index (χ3n) is 7.10. The average molecular weight is 517 g/mol. The molecule has 6 rings (SSSR count). The number of aromatic nitrogens is 5. The molecule has 1 aromatic carbocycles. The van der Waals surface area contributed by atoms with Crippen molar-refractivity contribution >= 4 is 28.9 Å². The van der Waals surface area contributed by atoms with Crippen molar-refractivity contribution in [2.75, 3.05) is 36.9 Å². The molecule has 0 radical (unpaired) electrons. The van der Waals surface area contributed by atoms with E-state index >= 15 is 0 Å². The van der Waals surface area contributed by atoms with E-state index in [1.54, 1.807) is 24.2 Å². The summed E-state index contributed by atoms with van der Waals surface area (Å²) in [4.78, 5) is 30.4. The summed E-state index contributed by atoms with van der Waals surface area (Å²) in [6.07, 6.45) is 7.03. The van der Waals surface area contributed by atoms with E-state index in [0.717, 1.165) is 47.2 Å². The Balaban J connectivity index is 1.17. The van der Waals surface area contributed by atoms with Crippen molar-refractivity contribution in [3.8, 4) is 22.0 Å². The first-order chi connectivity index (χ1) is 17.9. The lowest BCUT2D eigenvalue weighted by Gasteiger charge is -2.21. The van der Waals surface area contributed by atoms with Crippen LogP contribution in [0, 0.1) is 0 Å². The second-order valence-corrected chi connectivity index (χ2v) is 10.5. The molecule has 3 aromatic heterocycles. The molecule has 4 aromatic rings.